The zero-order chi connectivity index (χ0) is 17.8. The van der Waals surface area contributed by atoms with Crippen LogP contribution in [-0.4, -0.2) is 49.1 Å². The molecular weight excluding hydrogens is 314 g/mol. The number of benzene rings is 1. The zero-order valence-electron chi connectivity index (χ0n) is 15.1. The van der Waals surface area contributed by atoms with Crippen molar-refractivity contribution in [3.8, 4) is 5.75 Å². The van der Waals surface area contributed by atoms with Crippen molar-refractivity contribution in [1.29, 1.82) is 0 Å². The van der Waals surface area contributed by atoms with E-state index < -0.39 is 0 Å². The minimum atomic E-state index is 0.0964. The largest absolute Gasteiger partial charge is 0.489 e. The van der Waals surface area contributed by atoms with Crippen molar-refractivity contribution in [1.82, 2.24) is 9.88 Å². The lowest BCUT2D eigenvalue weighted by molar-refractivity contribution is 0.0595. The highest BCUT2D eigenvalue weighted by molar-refractivity contribution is 5.95. The molecule has 25 heavy (non-hydrogen) atoms. The van der Waals surface area contributed by atoms with Gasteiger partial charge in [-0.25, -0.2) is 0 Å². The number of aromatic nitrogens is 1. The molecule has 1 aliphatic rings. The molecule has 1 amide bonds. The van der Waals surface area contributed by atoms with Crippen molar-refractivity contribution < 1.29 is 9.53 Å². The van der Waals surface area contributed by atoms with E-state index in [1.54, 1.807) is 6.20 Å². The minimum absolute atomic E-state index is 0.0964. The van der Waals surface area contributed by atoms with E-state index in [2.05, 4.69) is 4.98 Å². The second-order valence-corrected chi connectivity index (χ2v) is 6.69. The van der Waals surface area contributed by atoms with Gasteiger partial charge in [-0.3, -0.25) is 9.78 Å². The first-order chi connectivity index (χ1) is 12.0. The van der Waals surface area contributed by atoms with Gasteiger partial charge in [0.15, 0.2) is 0 Å². The molecule has 0 aliphatic carbocycles. The SMILES string of the molecule is Cc1ccc(OC2CCN(C(=O)c3cccc(N(C)C)c3)CC2)cn1. The monoisotopic (exact) mass is 339 g/mol. The van der Waals surface area contributed by atoms with Crippen LogP contribution in [0.25, 0.3) is 0 Å². The second kappa shape index (κ2) is 7.55. The highest BCUT2D eigenvalue weighted by Gasteiger charge is 2.25. The number of hydrogen-bond acceptors (Lipinski definition) is 4. The minimum Gasteiger partial charge on any atom is -0.489 e. The number of aryl methyl sites for hydroxylation is 1. The van der Waals surface area contributed by atoms with Crippen LogP contribution in [-0.2, 0) is 0 Å². The van der Waals surface area contributed by atoms with Crippen LogP contribution in [0.2, 0.25) is 0 Å². The molecule has 0 unspecified atom stereocenters. The summed E-state index contributed by atoms with van der Waals surface area (Å²) in [6.45, 7) is 3.39. The fourth-order valence-electron chi connectivity index (χ4n) is 2.99. The third-order valence-corrected chi connectivity index (χ3v) is 4.53. The molecule has 1 saturated heterocycles. The van der Waals surface area contributed by atoms with E-state index in [9.17, 15) is 4.79 Å². The average molecular weight is 339 g/mol. The Bertz CT molecular complexity index is 720. The number of likely N-dealkylation sites (tertiary alicyclic amines) is 1. The molecule has 3 rings (SSSR count). The van der Waals surface area contributed by atoms with Crippen LogP contribution in [0.5, 0.6) is 5.75 Å². The Kier molecular flexibility index (Phi) is 5.22. The molecule has 1 aliphatic heterocycles. The lowest BCUT2D eigenvalue weighted by Crippen LogP contribution is -2.41. The van der Waals surface area contributed by atoms with Gasteiger partial charge in [0.05, 0.1) is 6.20 Å². The number of carbonyl (C=O) groups is 1. The Balaban J connectivity index is 1.57. The molecule has 0 bridgehead atoms. The maximum atomic E-state index is 12.7. The van der Waals surface area contributed by atoms with Gasteiger partial charge in [0, 0.05) is 57.0 Å². The molecule has 0 atom stereocenters. The summed E-state index contributed by atoms with van der Waals surface area (Å²) in [7, 11) is 3.96. The molecule has 2 heterocycles. The average Bonchev–Trinajstić information content (AvgIpc) is 2.64. The lowest BCUT2D eigenvalue weighted by Gasteiger charge is -2.32. The summed E-state index contributed by atoms with van der Waals surface area (Å²) in [5.41, 5.74) is 2.76. The summed E-state index contributed by atoms with van der Waals surface area (Å²) >= 11 is 0. The number of hydrogen-bond donors (Lipinski definition) is 0. The molecule has 1 aromatic carbocycles. The van der Waals surface area contributed by atoms with Gasteiger partial charge in [-0.1, -0.05) is 6.07 Å². The molecule has 132 valence electrons. The predicted octanol–water partition coefficient (Wildman–Crippen LogP) is 3.14. The van der Waals surface area contributed by atoms with Crippen LogP contribution < -0.4 is 9.64 Å². The molecule has 0 spiro atoms. The number of nitrogens with zero attached hydrogens (tertiary/aromatic N) is 3. The molecular formula is C20H25N3O2. The first-order valence-corrected chi connectivity index (χ1v) is 8.69. The van der Waals surface area contributed by atoms with Gasteiger partial charge in [0.2, 0.25) is 0 Å². The topological polar surface area (TPSA) is 45.7 Å². The first kappa shape index (κ1) is 17.3. The molecule has 1 fully saturated rings. The number of ether oxygens (including phenoxy) is 1. The Morgan fingerprint density at radius 2 is 1.96 bits per heavy atom. The molecule has 0 radical (unpaired) electrons. The van der Waals surface area contributed by atoms with E-state index in [0.29, 0.717) is 0 Å². The third kappa shape index (κ3) is 4.29. The molecule has 0 N–H and O–H groups in total. The number of anilines is 1. The van der Waals surface area contributed by atoms with Crippen LogP contribution in [0.3, 0.4) is 0 Å². The van der Waals surface area contributed by atoms with Crippen molar-refractivity contribution in [2.45, 2.75) is 25.9 Å². The number of carbonyl (C=O) groups excluding carboxylic acids is 1. The van der Waals surface area contributed by atoms with Crippen LogP contribution >= 0.6 is 0 Å². The molecule has 1 aromatic heterocycles. The van der Waals surface area contributed by atoms with Gasteiger partial charge in [0.1, 0.15) is 11.9 Å². The van der Waals surface area contributed by atoms with Crippen molar-refractivity contribution >= 4 is 11.6 Å². The standard InChI is InChI=1S/C20H25N3O2/c1-15-7-8-19(14-21-15)25-18-9-11-23(12-10-18)20(24)16-5-4-6-17(13-16)22(2)3/h4-8,13-14,18H,9-12H2,1-3H3. The Labute approximate surface area is 149 Å². The van der Waals surface area contributed by atoms with E-state index in [4.69, 9.17) is 4.74 Å². The van der Waals surface area contributed by atoms with Crippen LogP contribution in [0, 0.1) is 6.92 Å². The van der Waals surface area contributed by atoms with Crippen molar-refractivity contribution in [2.75, 3.05) is 32.1 Å². The summed E-state index contributed by atoms with van der Waals surface area (Å²) < 4.78 is 5.99. The smallest absolute Gasteiger partial charge is 0.253 e. The van der Waals surface area contributed by atoms with E-state index in [1.807, 2.05) is 67.2 Å². The quantitative estimate of drug-likeness (QED) is 0.858. The lowest BCUT2D eigenvalue weighted by atomic mass is 10.1. The van der Waals surface area contributed by atoms with Gasteiger partial charge < -0.3 is 14.5 Å². The van der Waals surface area contributed by atoms with Gasteiger partial charge in [-0.2, -0.15) is 0 Å². The normalized spacial score (nSPS) is 15.1. The molecule has 5 heteroatoms. The molecule has 0 saturated carbocycles. The van der Waals surface area contributed by atoms with Gasteiger partial charge >= 0.3 is 0 Å². The number of pyridine rings is 1. The Morgan fingerprint density at radius 1 is 1.20 bits per heavy atom. The summed E-state index contributed by atoms with van der Waals surface area (Å²) in [5, 5.41) is 0. The van der Waals surface area contributed by atoms with E-state index in [1.165, 1.54) is 0 Å². The summed E-state index contributed by atoms with van der Waals surface area (Å²) in [6, 6.07) is 11.7. The van der Waals surface area contributed by atoms with Crippen LogP contribution in [0.4, 0.5) is 5.69 Å². The summed E-state index contributed by atoms with van der Waals surface area (Å²) in [6.07, 6.45) is 3.58. The first-order valence-electron chi connectivity index (χ1n) is 8.69. The highest BCUT2D eigenvalue weighted by atomic mass is 16.5. The van der Waals surface area contributed by atoms with Gasteiger partial charge in [0.25, 0.3) is 5.91 Å². The highest BCUT2D eigenvalue weighted by Crippen LogP contribution is 2.21. The summed E-state index contributed by atoms with van der Waals surface area (Å²) in [4.78, 5) is 20.9. The van der Waals surface area contributed by atoms with Crippen LogP contribution in [0.15, 0.2) is 42.6 Å². The fraction of sp³-hybridized carbons (Fsp3) is 0.400. The molecule has 5 nitrogen and oxygen atoms in total. The number of rotatable bonds is 4. The molecule has 2 aromatic rings. The van der Waals surface area contributed by atoms with Gasteiger partial charge in [-0.15, -0.1) is 0 Å². The predicted molar refractivity (Wildman–Crippen MR) is 99.3 cm³/mol. The van der Waals surface area contributed by atoms with Crippen molar-refractivity contribution in [2.24, 2.45) is 0 Å². The van der Waals surface area contributed by atoms with Gasteiger partial charge in [-0.05, 0) is 37.3 Å². The van der Waals surface area contributed by atoms with E-state index in [-0.39, 0.29) is 12.0 Å². The number of amides is 1. The third-order valence-electron chi connectivity index (χ3n) is 4.53. The maximum Gasteiger partial charge on any atom is 0.253 e. The fourth-order valence-corrected chi connectivity index (χ4v) is 2.99. The zero-order valence-corrected chi connectivity index (χ0v) is 15.1. The maximum absolute atomic E-state index is 12.7. The number of piperidine rings is 1. The second-order valence-electron chi connectivity index (χ2n) is 6.69. The van der Waals surface area contributed by atoms with Crippen molar-refractivity contribution in [3.05, 3.63) is 53.9 Å². The van der Waals surface area contributed by atoms with Crippen LogP contribution in [0.1, 0.15) is 28.9 Å². The Hall–Kier alpha value is -2.56. The Morgan fingerprint density at radius 3 is 2.60 bits per heavy atom. The van der Waals surface area contributed by atoms with E-state index >= 15 is 0 Å². The van der Waals surface area contributed by atoms with Crippen molar-refractivity contribution in [3.63, 3.8) is 0 Å². The summed E-state index contributed by atoms with van der Waals surface area (Å²) in [5.74, 6) is 0.896. The van der Waals surface area contributed by atoms with E-state index in [0.717, 1.165) is 48.6 Å².